The van der Waals surface area contributed by atoms with Gasteiger partial charge in [0, 0.05) is 19.1 Å². The topological polar surface area (TPSA) is 49.8 Å². The number of amides is 1. The van der Waals surface area contributed by atoms with Gasteiger partial charge in [-0.2, -0.15) is 13.2 Å². The summed E-state index contributed by atoms with van der Waals surface area (Å²) in [7, 11) is 0. The first-order valence-corrected chi connectivity index (χ1v) is 6.01. The quantitative estimate of drug-likeness (QED) is 0.810. The third kappa shape index (κ3) is 2.77. The van der Waals surface area contributed by atoms with Gasteiger partial charge < -0.3 is 14.7 Å². The maximum Gasteiger partial charge on any atom is 0.397 e. The number of aliphatic hydroxyl groups is 1. The van der Waals surface area contributed by atoms with E-state index in [2.05, 4.69) is 0 Å². The zero-order valence-corrected chi connectivity index (χ0v) is 9.82. The Bertz CT molecular complexity index is 321. The maximum atomic E-state index is 12.2. The van der Waals surface area contributed by atoms with E-state index in [4.69, 9.17) is 9.84 Å². The summed E-state index contributed by atoms with van der Waals surface area (Å²) in [6.45, 7) is 0.387. The van der Waals surface area contributed by atoms with E-state index >= 15 is 0 Å². The largest absolute Gasteiger partial charge is 0.397 e. The molecule has 0 aromatic heterocycles. The van der Waals surface area contributed by atoms with Gasteiger partial charge in [-0.05, 0) is 12.8 Å². The van der Waals surface area contributed by atoms with Crippen molar-refractivity contribution in [1.82, 2.24) is 4.90 Å². The van der Waals surface area contributed by atoms with Crippen molar-refractivity contribution in [3.8, 4) is 0 Å². The van der Waals surface area contributed by atoms with Crippen LogP contribution in [0.4, 0.5) is 13.2 Å². The summed E-state index contributed by atoms with van der Waals surface area (Å²) < 4.78 is 42.2. The van der Waals surface area contributed by atoms with Crippen molar-refractivity contribution >= 4 is 5.91 Å². The lowest BCUT2D eigenvalue weighted by molar-refractivity contribution is -0.171. The predicted molar refractivity (Wildman–Crippen MR) is 55.7 cm³/mol. The number of ether oxygens (including phenoxy) is 1. The Hall–Kier alpha value is -0.820. The van der Waals surface area contributed by atoms with E-state index in [-0.39, 0.29) is 37.8 Å². The molecule has 0 aromatic rings. The summed E-state index contributed by atoms with van der Waals surface area (Å²) in [6.07, 6.45) is -4.93. The summed E-state index contributed by atoms with van der Waals surface area (Å²) in [5, 5.41) is 9.15. The molecule has 7 heteroatoms. The Morgan fingerprint density at radius 3 is 2.72 bits per heavy atom. The number of rotatable bonds is 2. The van der Waals surface area contributed by atoms with Gasteiger partial charge in [0.15, 0.2) is 0 Å². The normalized spacial score (nSPS) is 32.4. The maximum absolute atomic E-state index is 12.2. The second kappa shape index (κ2) is 5.05. The van der Waals surface area contributed by atoms with Crippen molar-refractivity contribution in [3.05, 3.63) is 0 Å². The highest BCUT2D eigenvalue weighted by atomic mass is 19.4. The second-order valence-electron chi connectivity index (χ2n) is 4.80. The van der Waals surface area contributed by atoms with Crippen LogP contribution in [0.5, 0.6) is 0 Å². The summed E-state index contributed by atoms with van der Waals surface area (Å²) in [6, 6.07) is -0.314. The summed E-state index contributed by atoms with van der Waals surface area (Å²) in [5.41, 5.74) is 0. The lowest BCUT2D eigenvalue weighted by Crippen LogP contribution is -2.53. The number of carbonyl (C=O) groups excluding carboxylic acids is 1. The number of halogens is 3. The standard InChI is InChI=1S/C11H16F3NO3/c12-11(13,14)5-9(17)15-3-4-18-10-7(6-16)1-2-8(10)15/h7-8,10,16H,1-6H2. The van der Waals surface area contributed by atoms with Crippen LogP contribution < -0.4 is 0 Å². The molecule has 0 radical (unpaired) electrons. The van der Waals surface area contributed by atoms with E-state index in [0.29, 0.717) is 12.8 Å². The van der Waals surface area contributed by atoms with Crippen LogP contribution >= 0.6 is 0 Å². The van der Waals surface area contributed by atoms with Gasteiger partial charge in [0.05, 0.1) is 18.8 Å². The third-order valence-electron chi connectivity index (χ3n) is 3.63. The van der Waals surface area contributed by atoms with Gasteiger partial charge in [0.1, 0.15) is 6.42 Å². The average Bonchev–Trinajstić information content (AvgIpc) is 2.69. The van der Waals surface area contributed by atoms with Gasteiger partial charge >= 0.3 is 6.18 Å². The van der Waals surface area contributed by atoms with E-state index in [1.807, 2.05) is 0 Å². The minimum absolute atomic E-state index is 0.0531. The molecule has 0 spiro atoms. The van der Waals surface area contributed by atoms with Gasteiger partial charge in [-0.25, -0.2) is 0 Å². The van der Waals surface area contributed by atoms with Gasteiger partial charge in [0.2, 0.25) is 5.91 Å². The number of morpholine rings is 1. The average molecular weight is 267 g/mol. The Morgan fingerprint density at radius 1 is 1.39 bits per heavy atom. The Balaban J connectivity index is 2.03. The van der Waals surface area contributed by atoms with Crippen LogP contribution in [0.2, 0.25) is 0 Å². The zero-order valence-electron chi connectivity index (χ0n) is 9.82. The zero-order chi connectivity index (χ0) is 13.3. The summed E-state index contributed by atoms with van der Waals surface area (Å²) in [5.74, 6) is -0.962. The third-order valence-corrected chi connectivity index (χ3v) is 3.63. The van der Waals surface area contributed by atoms with E-state index in [1.165, 1.54) is 4.90 Å². The molecule has 3 unspecified atom stereocenters. The van der Waals surface area contributed by atoms with Crippen LogP contribution in [0.15, 0.2) is 0 Å². The van der Waals surface area contributed by atoms with E-state index in [1.54, 1.807) is 0 Å². The summed E-state index contributed by atoms with van der Waals surface area (Å²) in [4.78, 5) is 12.9. The fraction of sp³-hybridized carbons (Fsp3) is 0.909. The fourth-order valence-electron chi connectivity index (χ4n) is 2.84. The molecule has 1 heterocycles. The number of nitrogens with zero attached hydrogens (tertiary/aromatic N) is 1. The van der Waals surface area contributed by atoms with Crippen molar-refractivity contribution in [1.29, 1.82) is 0 Å². The molecule has 0 aromatic carbocycles. The molecule has 0 bridgehead atoms. The monoisotopic (exact) mass is 267 g/mol. The SMILES string of the molecule is O=C(CC(F)(F)F)N1CCOC2C(CO)CCC21. The van der Waals surface area contributed by atoms with E-state index in [9.17, 15) is 18.0 Å². The molecule has 2 rings (SSSR count). The van der Waals surface area contributed by atoms with E-state index < -0.39 is 18.5 Å². The molecule has 3 atom stereocenters. The van der Waals surface area contributed by atoms with Crippen LogP contribution in [0.1, 0.15) is 19.3 Å². The smallest absolute Gasteiger partial charge is 0.396 e. The van der Waals surface area contributed by atoms with Gasteiger partial charge in [-0.1, -0.05) is 0 Å². The first kappa shape index (κ1) is 13.6. The number of alkyl halides is 3. The Kier molecular flexibility index (Phi) is 3.82. The fourth-order valence-corrected chi connectivity index (χ4v) is 2.84. The molecule has 4 nitrogen and oxygen atoms in total. The minimum atomic E-state index is -4.47. The lowest BCUT2D eigenvalue weighted by atomic mass is 10.0. The van der Waals surface area contributed by atoms with Gasteiger partial charge in [-0.15, -0.1) is 0 Å². The van der Waals surface area contributed by atoms with Gasteiger partial charge in [0.25, 0.3) is 0 Å². The van der Waals surface area contributed by atoms with Gasteiger partial charge in [-0.3, -0.25) is 4.79 Å². The second-order valence-corrected chi connectivity index (χ2v) is 4.80. The number of fused-ring (bicyclic) bond motifs is 1. The van der Waals surface area contributed by atoms with Crippen molar-refractivity contribution in [2.24, 2.45) is 5.92 Å². The number of carbonyl (C=O) groups is 1. The highest BCUT2D eigenvalue weighted by molar-refractivity contribution is 5.77. The van der Waals surface area contributed by atoms with Crippen LogP contribution in [-0.2, 0) is 9.53 Å². The molecule has 2 aliphatic rings. The molecule has 1 aliphatic heterocycles. The highest BCUT2D eigenvalue weighted by Crippen LogP contribution is 2.35. The molecular formula is C11H16F3NO3. The molecule has 18 heavy (non-hydrogen) atoms. The number of aliphatic hydroxyl groups excluding tert-OH is 1. The molecule has 1 saturated heterocycles. The molecule has 1 N–H and O–H groups in total. The van der Waals surface area contributed by atoms with Crippen LogP contribution in [-0.4, -0.2) is 54.0 Å². The Labute approximate surface area is 103 Å². The van der Waals surface area contributed by atoms with Crippen LogP contribution in [0.3, 0.4) is 0 Å². The molecular weight excluding hydrogens is 251 g/mol. The summed E-state index contributed by atoms with van der Waals surface area (Å²) >= 11 is 0. The molecule has 1 saturated carbocycles. The van der Waals surface area contributed by atoms with Crippen molar-refractivity contribution in [3.63, 3.8) is 0 Å². The predicted octanol–water partition coefficient (Wildman–Crippen LogP) is 0.937. The van der Waals surface area contributed by atoms with Crippen molar-refractivity contribution in [2.75, 3.05) is 19.8 Å². The Morgan fingerprint density at radius 2 is 2.11 bits per heavy atom. The minimum Gasteiger partial charge on any atom is -0.396 e. The van der Waals surface area contributed by atoms with E-state index in [0.717, 1.165) is 0 Å². The van der Waals surface area contributed by atoms with Crippen LogP contribution in [0, 0.1) is 5.92 Å². The first-order valence-electron chi connectivity index (χ1n) is 6.01. The molecule has 1 amide bonds. The highest BCUT2D eigenvalue weighted by Gasteiger charge is 2.45. The molecule has 2 fully saturated rings. The van der Waals surface area contributed by atoms with Crippen LogP contribution in [0.25, 0.3) is 0 Å². The first-order chi connectivity index (χ1) is 8.42. The molecule has 104 valence electrons. The lowest BCUT2D eigenvalue weighted by Gasteiger charge is -2.39. The molecule has 1 aliphatic carbocycles. The number of hydrogen-bond acceptors (Lipinski definition) is 3. The number of hydrogen-bond donors (Lipinski definition) is 1. The van der Waals surface area contributed by atoms with Crippen molar-refractivity contribution < 1.29 is 27.8 Å². The van der Waals surface area contributed by atoms with Crippen molar-refractivity contribution in [2.45, 2.75) is 37.6 Å².